The average Bonchev–Trinajstić information content (AvgIpc) is 2.63. The van der Waals surface area contributed by atoms with Crippen LogP contribution in [-0.2, 0) is 11.8 Å². The van der Waals surface area contributed by atoms with Crippen LogP contribution in [0.3, 0.4) is 0 Å². The van der Waals surface area contributed by atoms with E-state index in [1.165, 1.54) is 0 Å². The molecule has 5 heteroatoms. The molecule has 0 bridgehead atoms. The lowest BCUT2D eigenvalue weighted by atomic mass is 10.1. The van der Waals surface area contributed by atoms with Crippen LogP contribution in [0.2, 0.25) is 0 Å². The van der Waals surface area contributed by atoms with Gasteiger partial charge < -0.3 is 14.7 Å². The molecule has 15 heavy (non-hydrogen) atoms. The van der Waals surface area contributed by atoms with Gasteiger partial charge in [-0.05, 0) is 13.1 Å². The molecule has 0 saturated carbocycles. The molecule has 5 nitrogen and oxygen atoms in total. The van der Waals surface area contributed by atoms with Gasteiger partial charge in [0.05, 0.1) is 12.3 Å². The van der Waals surface area contributed by atoms with E-state index in [0.717, 1.165) is 18.8 Å². The summed E-state index contributed by atoms with van der Waals surface area (Å²) in [6.45, 7) is 2.36. The normalized spacial score (nSPS) is 25.4. The summed E-state index contributed by atoms with van der Waals surface area (Å²) in [5.74, 6) is 0. The van der Waals surface area contributed by atoms with Crippen molar-refractivity contribution in [3.05, 3.63) is 18.0 Å². The number of morpholine rings is 1. The Morgan fingerprint density at radius 1 is 1.60 bits per heavy atom. The number of ether oxygens (including phenoxy) is 1. The molecule has 0 aliphatic carbocycles. The lowest BCUT2D eigenvalue weighted by Crippen LogP contribution is -2.43. The zero-order valence-corrected chi connectivity index (χ0v) is 9.13. The van der Waals surface area contributed by atoms with Crippen LogP contribution in [0.1, 0.15) is 11.8 Å². The van der Waals surface area contributed by atoms with Gasteiger partial charge in [0.25, 0.3) is 0 Å². The van der Waals surface area contributed by atoms with Crippen LogP contribution >= 0.6 is 0 Å². The molecule has 1 N–H and O–H groups in total. The monoisotopic (exact) mass is 211 g/mol. The van der Waals surface area contributed by atoms with E-state index in [1.807, 2.05) is 20.2 Å². The molecule has 0 aromatic carbocycles. The smallest absolute Gasteiger partial charge is 0.123 e. The lowest BCUT2D eigenvalue weighted by Gasteiger charge is -2.32. The van der Waals surface area contributed by atoms with E-state index in [1.54, 1.807) is 10.9 Å². The molecule has 0 spiro atoms. The zero-order valence-electron chi connectivity index (χ0n) is 9.13. The summed E-state index contributed by atoms with van der Waals surface area (Å²) in [7, 11) is 3.86. The number of hydrogen-bond donors (Lipinski definition) is 1. The van der Waals surface area contributed by atoms with Gasteiger partial charge in [-0.25, -0.2) is 0 Å². The van der Waals surface area contributed by atoms with Gasteiger partial charge in [0.15, 0.2) is 0 Å². The first-order valence-corrected chi connectivity index (χ1v) is 5.14. The number of aliphatic hydroxyl groups excluding tert-OH is 1. The predicted octanol–water partition coefficient (Wildman–Crippen LogP) is -0.216. The molecule has 1 fully saturated rings. The summed E-state index contributed by atoms with van der Waals surface area (Å²) < 4.78 is 7.24. The van der Waals surface area contributed by atoms with Crippen molar-refractivity contribution < 1.29 is 9.84 Å². The zero-order chi connectivity index (χ0) is 10.8. The lowest BCUT2D eigenvalue weighted by molar-refractivity contribution is -0.0866. The molecular weight excluding hydrogens is 194 g/mol. The molecule has 2 heterocycles. The molecular formula is C10H17N3O2. The van der Waals surface area contributed by atoms with Gasteiger partial charge in [-0.15, -0.1) is 0 Å². The quantitative estimate of drug-likeness (QED) is 0.735. The largest absolute Gasteiger partial charge is 0.384 e. The van der Waals surface area contributed by atoms with Crippen LogP contribution in [0.5, 0.6) is 0 Å². The molecule has 2 rings (SSSR count). The maximum Gasteiger partial charge on any atom is 0.123 e. The fourth-order valence-electron chi connectivity index (χ4n) is 1.87. The Bertz CT molecular complexity index is 326. The van der Waals surface area contributed by atoms with Gasteiger partial charge >= 0.3 is 0 Å². The van der Waals surface area contributed by atoms with E-state index in [-0.39, 0.29) is 6.10 Å². The highest BCUT2D eigenvalue weighted by Crippen LogP contribution is 2.20. The van der Waals surface area contributed by atoms with E-state index in [4.69, 9.17) is 4.74 Å². The highest BCUT2D eigenvalue weighted by Gasteiger charge is 2.27. The van der Waals surface area contributed by atoms with Gasteiger partial charge in [0.2, 0.25) is 0 Å². The van der Waals surface area contributed by atoms with Crippen molar-refractivity contribution in [3.8, 4) is 0 Å². The van der Waals surface area contributed by atoms with E-state index < -0.39 is 6.10 Å². The Kier molecular flexibility index (Phi) is 3.04. The Labute approximate surface area is 89.3 Å². The third-order valence-electron chi connectivity index (χ3n) is 2.81. The number of likely N-dealkylation sites (N-methyl/N-ethyl adjacent to an activating group) is 1. The third-order valence-corrected chi connectivity index (χ3v) is 2.81. The van der Waals surface area contributed by atoms with E-state index in [2.05, 4.69) is 10.00 Å². The first kappa shape index (κ1) is 10.6. The second-order valence-corrected chi connectivity index (χ2v) is 4.00. The Morgan fingerprint density at radius 3 is 3.00 bits per heavy atom. The molecule has 0 radical (unpaired) electrons. The predicted molar refractivity (Wildman–Crippen MR) is 55.4 cm³/mol. The summed E-state index contributed by atoms with van der Waals surface area (Å²) in [6.07, 6.45) is 0.935. The van der Waals surface area contributed by atoms with Crippen molar-refractivity contribution in [1.29, 1.82) is 0 Å². The fraction of sp³-hybridized carbons (Fsp3) is 0.700. The standard InChI is InChI=1S/C10H17N3O2/c1-12-5-6-15-9(7-12)10(14)8-3-4-11-13(8)2/h3-4,9-10,14H,5-7H2,1-2H3. The van der Waals surface area contributed by atoms with Crippen LogP contribution in [0.15, 0.2) is 12.3 Å². The molecule has 2 unspecified atom stereocenters. The van der Waals surface area contributed by atoms with E-state index >= 15 is 0 Å². The SMILES string of the molecule is CN1CCOC(C(O)c2ccnn2C)C1. The first-order valence-electron chi connectivity index (χ1n) is 5.14. The Hall–Kier alpha value is -0.910. The Balaban J connectivity index is 2.07. The highest BCUT2D eigenvalue weighted by molar-refractivity contribution is 5.06. The van der Waals surface area contributed by atoms with Gasteiger partial charge in [-0.3, -0.25) is 4.68 Å². The van der Waals surface area contributed by atoms with Crippen molar-refractivity contribution in [3.63, 3.8) is 0 Å². The molecule has 1 aromatic rings. The number of hydrogen-bond acceptors (Lipinski definition) is 4. The van der Waals surface area contributed by atoms with Crippen molar-refractivity contribution >= 4 is 0 Å². The topological polar surface area (TPSA) is 50.5 Å². The van der Waals surface area contributed by atoms with E-state index in [9.17, 15) is 5.11 Å². The number of rotatable bonds is 2. The molecule has 84 valence electrons. The summed E-state index contributed by atoms with van der Waals surface area (Å²) in [6, 6.07) is 1.82. The molecule has 1 saturated heterocycles. The summed E-state index contributed by atoms with van der Waals surface area (Å²) >= 11 is 0. The van der Waals surface area contributed by atoms with Crippen molar-refractivity contribution in [2.24, 2.45) is 7.05 Å². The van der Waals surface area contributed by atoms with Gasteiger partial charge in [-0.2, -0.15) is 5.10 Å². The summed E-state index contributed by atoms with van der Waals surface area (Å²) in [5, 5.41) is 14.2. The van der Waals surface area contributed by atoms with Gasteiger partial charge in [0, 0.05) is 26.3 Å². The van der Waals surface area contributed by atoms with Crippen molar-refractivity contribution in [2.45, 2.75) is 12.2 Å². The van der Waals surface area contributed by atoms with Crippen LogP contribution in [0.4, 0.5) is 0 Å². The van der Waals surface area contributed by atoms with Crippen LogP contribution in [0, 0.1) is 0 Å². The average molecular weight is 211 g/mol. The molecule has 0 amide bonds. The van der Waals surface area contributed by atoms with Gasteiger partial charge in [-0.1, -0.05) is 0 Å². The molecule has 1 aliphatic rings. The third kappa shape index (κ3) is 2.19. The summed E-state index contributed by atoms with van der Waals surface area (Å²) in [4.78, 5) is 2.16. The molecule has 1 aliphatic heterocycles. The second kappa shape index (κ2) is 4.30. The van der Waals surface area contributed by atoms with E-state index in [0.29, 0.717) is 6.61 Å². The van der Waals surface area contributed by atoms with Crippen molar-refractivity contribution in [1.82, 2.24) is 14.7 Å². The number of aliphatic hydroxyl groups is 1. The minimum atomic E-state index is -0.597. The minimum absolute atomic E-state index is 0.154. The maximum absolute atomic E-state index is 10.1. The molecule has 1 aromatic heterocycles. The summed E-state index contributed by atoms with van der Waals surface area (Å²) in [5.41, 5.74) is 0.801. The second-order valence-electron chi connectivity index (χ2n) is 4.00. The number of nitrogens with zero attached hydrogens (tertiary/aromatic N) is 3. The van der Waals surface area contributed by atoms with Crippen molar-refractivity contribution in [2.75, 3.05) is 26.7 Å². The highest BCUT2D eigenvalue weighted by atomic mass is 16.5. The first-order chi connectivity index (χ1) is 7.18. The minimum Gasteiger partial charge on any atom is -0.384 e. The number of aryl methyl sites for hydroxylation is 1. The maximum atomic E-state index is 10.1. The van der Waals surface area contributed by atoms with Crippen LogP contribution < -0.4 is 0 Å². The molecule has 2 atom stereocenters. The fourth-order valence-corrected chi connectivity index (χ4v) is 1.87. The van der Waals surface area contributed by atoms with Crippen LogP contribution in [-0.4, -0.2) is 52.6 Å². The number of aromatic nitrogens is 2. The van der Waals surface area contributed by atoms with Crippen LogP contribution in [0.25, 0.3) is 0 Å². The van der Waals surface area contributed by atoms with Gasteiger partial charge in [0.1, 0.15) is 12.2 Å². The Morgan fingerprint density at radius 2 is 2.40 bits per heavy atom.